The van der Waals surface area contributed by atoms with Gasteiger partial charge in [0.05, 0.1) is 11.8 Å². The van der Waals surface area contributed by atoms with Gasteiger partial charge in [-0.1, -0.05) is 24.3 Å². The number of hydrogen-bond acceptors (Lipinski definition) is 4. The molecule has 0 amide bonds. The number of anilines is 1. The van der Waals surface area contributed by atoms with E-state index in [0.717, 1.165) is 5.71 Å². The van der Waals surface area contributed by atoms with Crippen LogP contribution in [0.5, 0.6) is 0 Å². The topological polar surface area (TPSA) is 54.5 Å². The van der Waals surface area contributed by atoms with E-state index in [1.807, 2.05) is 24.3 Å². The zero-order chi connectivity index (χ0) is 13.9. The summed E-state index contributed by atoms with van der Waals surface area (Å²) in [5, 5.41) is 6.22. The van der Waals surface area contributed by atoms with Gasteiger partial charge < -0.3 is 5.73 Å². The second kappa shape index (κ2) is 5.38. The SMILES string of the molecule is NCC1=NN(c2ccccn2)C(c2ccccc2F)C1. The fourth-order valence-electron chi connectivity index (χ4n) is 2.38. The van der Waals surface area contributed by atoms with Crippen LogP contribution in [0, 0.1) is 5.82 Å². The van der Waals surface area contributed by atoms with E-state index in [4.69, 9.17) is 5.73 Å². The molecule has 2 heterocycles. The molecule has 0 saturated carbocycles. The van der Waals surface area contributed by atoms with E-state index < -0.39 is 0 Å². The Bertz CT molecular complexity index is 627. The third kappa shape index (κ3) is 2.28. The van der Waals surface area contributed by atoms with Crippen molar-refractivity contribution in [1.82, 2.24) is 4.98 Å². The van der Waals surface area contributed by atoms with Crippen LogP contribution in [0.15, 0.2) is 53.8 Å². The lowest BCUT2D eigenvalue weighted by Crippen LogP contribution is -2.20. The Kier molecular flexibility index (Phi) is 3.43. The summed E-state index contributed by atoms with van der Waals surface area (Å²) in [5.74, 6) is 0.469. The van der Waals surface area contributed by atoms with Crippen LogP contribution < -0.4 is 10.7 Å². The molecule has 1 atom stereocenters. The average molecular weight is 270 g/mol. The van der Waals surface area contributed by atoms with Gasteiger partial charge in [-0.05, 0) is 18.2 Å². The second-order valence-electron chi connectivity index (χ2n) is 4.64. The number of halogens is 1. The van der Waals surface area contributed by atoms with E-state index in [1.165, 1.54) is 6.07 Å². The standard InChI is InChI=1S/C15H15FN4/c16-13-6-2-1-5-12(13)14-9-11(10-17)19-20(14)15-7-3-4-8-18-15/h1-8,14H,9-10,17H2. The summed E-state index contributed by atoms with van der Waals surface area (Å²) in [5.41, 5.74) is 7.15. The van der Waals surface area contributed by atoms with Crippen LogP contribution >= 0.6 is 0 Å². The van der Waals surface area contributed by atoms with Crippen molar-refractivity contribution in [2.75, 3.05) is 11.6 Å². The number of aromatic nitrogens is 1. The third-order valence-corrected chi connectivity index (χ3v) is 3.36. The molecule has 3 rings (SSSR count). The maximum absolute atomic E-state index is 14.0. The van der Waals surface area contributed by atoms with Crippen molar-refractivity contribution in [3.63, 3.8) is 0 Å². The zero-order valence-corrected chi connectivity index (χ0v) is 10.9. The molecule has 0 radical (unpaired) electrons. The van der Waals surface area contributed by atoms with Crippen molar-refractivity contribution in [3.8, 4) is 0 Å². The number of benzene rings is 1. The number of nitrogens with zero attached hydrogens (tertiary/aromatic N) is 3. The molecular formula is C15H15FN4. The van der Waals surface area contributed by atoms with Gasteiger partial charge in [0.15, 0.2) is 0 Å². The van der Waals surface area contributed by atoms with E-state index in [1.54, 1.807) is 23.3 Å². The van der Waals surface area contributed by atoms with Gasteiger partial charge in [0.1, 0.15) is 11.6 Å². The number of pyridine rings is 1. The molecular weight excluding hydrogens is 255 g/mol. The monoisotopic (exact) mass is 270 g/mol. The number of hydrazone groups is 1. The van der Waals surface area contributed by atoms with Gasteiger partial charge in [0, 0.05) is 24.7 Å². The van der Waals surface area contributed by atoms with Crippen LogP contribution in [0.25, 0.3) is 0 Å². The van der Waals surface area contributed by atoms with Crippen LogP contribution in [0.3, 0.4) is 0 Å². The van der Waals surface area contributed by atoms with Crippen LogP contribution in [0.4, 0.5) is 10.2 Å². The lowest BCUT2D eigenvalue weighted by Gasteiger charge is -2.23. The fraction of sp³-hybridized carbons (Fsp3) is 0.200. The van der Waals surface area contributed by atoms with Crippen molar-refractivity contribution in [2.45, 2.75) is 12.5 Å². The molecule has 1 unspecified atom stereocenters. The fourth-order valence-corrected chi connectivity index (χ4v) is 2.38. The molecule has 0 fully saturated rings. The summed E-state index contributed by atoms with van der Waals surface area (Å²) >= 11 is 0. The highest BCUT2D eigenvalue weighted by atomic mass is 19.1. The van der Waals surface area contributed by atoms with Crippen molar-refractivity contribution in [1.29, 1.82) is 0 Å². The summed E-state index contributed by atoms with van der Waals surface area (Å²) in [7, 11) is 0. The average Bonchev–Trinajstić information content (AvgIpc) is 2.93. The first-order valence-corrected chi connectivity index (χ1v) is 6.50. The molecule has 20 heavy (non-hydrogen) atoms. The van der Waals surface area contributed by atoms with Gasteiger partial charge in [-0.25, -0.2) is 14.4 Å². The Morgan fingerprint density at radius 2 is 2.00 bits per heavy atom. The predicted octanol–water partition coefficient (Wildman–Crippen LogP) is 2.49. The minimum absolute atomic E-state index is 0.190. The van der Waals surface area contributed by atoms with Gasteiger partial charge in [-0.3, -0.25) is 0 Å². The highest BCUT2D eigenvalue weighted by molar-refractivity contribution is 5.90. The van der Waals surface area contributed by atoms with Crippen molar-refractivity contribution < 1.29 is 4.39 Å². The summed E-state index contributed by atoms with van der Waals surface area (Å²) in [4.78, 5) is 4.29. The van der Waals surface area contributed by atoms with Gasteiger partial charge in [0.2, 0.25) is 0 Å². The number of hydrogen-bond donors (Lipinski definition) is 1. The summed E-state index contributed by atoms with van der Waals surface area (Å²) in [6.45, 7) is 0.369. The molecule has 1 aliphatic rings. The first-order chi connectivity index (χ1) is 9.79. The molecule has 0 bridgehead atoms. The van der Waals surface area contributed by atoms with Crippen molar-refractivity contribution in [3.05, 3.63) is 60.0 Å². The molecule has 4 nitrogen and oxygen atoms in total. The Labute approximate surface area is 116 Å². The molecule has 1 aromatic carbocycles. The van der Waals surface area contributed by atoms with Gasteiger partial charge in [-0.15, -0.1) is 0 Å². The highest BCUT2D eigenvalue weighted by Crippen LogP contribution is 2.34. The third-order valence-electron chi connectivity index (χ3n) is 3.36. The largest absolute Gasteiger partial charge is 0.325 e. The Morgan fingerprint density at radius 1 is 1.20 bits per heavy atom. The van der Waals surface area contributed by atoms with E-state index in [2.05, 4.69) is 10.1 Å². The van der Waals surface area contributed by atoms with Crippen molar-refractivity contribution in [2.24, 2.45) is 10.8 Å². The molecule has 2 N–H and O–H groups in total. The van der Waals surface area contributed by atoms with E-state index in [0.29, 0.717) is 24.3 Å². The summed E-state index contributed by atoms with van der Waals surface area (Å²) in [6, 6.07) is 12.2. The molecule has 0 spiro atoms. The lowest BCUT2D eigenvalue weighted by atomic mass is 10.0. The van der Waals surface area contributed by atoms with Crippen LogP contribution in [0.1, 0.15) is 18.0 Å². The first-order valence-electron chi connectivity index (χ1n) is 6.50. The minimum Gasteiger partial charge on any atom is -0.325 e. The minimum atomic E-state index is -0.230. The molecule has 102 valence electrons. The van der Waals surface area contributed by atoms with Crippen LogP contribution in [0.2, 0.25) is 0 Å². The molecule has 1 aromatic heterocycles. The summed E-state index contributed by atoms with van der Waals surface area (Å²) in [6.07, 6.45) is 2.32. The predicted molar refractivity (Wildman–Crippen MR) is 77.0 cm³/mol. The molecule has 0 aliphatic carbocycles. The second-order valence-corrected chi connectivity index (χ2v) is 4.64. The number of rotatable bonds is 3. The van der Waals surface area contributed by atoms with Gasteiger partial charge in [-0.2, -0.15) is 5.10 Å². The Morgan fingerprint density at radius 3 is 2.70 bits per heavy atom. The van der Waals surface area contributed by atoms with Crippen LogP contribution in [-0.2, 0) is 0 Å². The maximum Gasteiger partial charge on any atom is 0.149 e. The van der Waals surface area contributed by atoms with Gasteiger partial charge >= 0.3 is 0 Å². The zero-order valence-electron chi connectivity index (χ0n) is 10.9. The lowest BCUT2D eigenvalue weighted by molar-refractivity contribution is 0.577. The van der Waals surface area contributed by atoms with Gasteiger partial charge in [0.25, 0.3) is 0 Å². The van der Waals surface area contributed by atoms with Crippen molar-refractivity contribution >= 4 is 11.5 Å². The summed E-state index contributed by atoms with van der Waals surface area (Å²) < 4.78 is 14.0. The van der Waals surface area contributed by atoms with E-state index in [9.17, 15) is 4.39 Å². The highest BCUT2D eigenvalue weighted by Gasteiger charge is 2.30. The normalized spacial score (nSPS) is 18.2. The molecule has 1 aliphatic heterocycles. The molecule has 5 heteroatoms. The molecule has 2 aromatic rings. The molecule has 0 saturated heterocycles. The van der Waals surface area contributed by atoms with E-state index in [-0.39, 0.29) is 11.9 Å². The number of nitrogens with two attached hydrogens (primary N) is 1. The first kappa shape index (κ1) is 12.7. The Balaban J connectivity index is 2.01. The van der Waals surface area contributed by atoms with Crippen LogP contribution in [-0.4, -0.2) is 17.2 Å². The van der Waals surface area contributed by atoms with E-state index >= 15 is 0 Å². The quantitative estimate of drug-likeness (QED) is 0.932. The Hall–Kier alpha value is -2.27. The maximum atomic E-state index is 14.0. The smallest absolute Gasteiger partial charge is 0.149 e.